The van der Waals surface area contributed by atoms with Crippen LogP contribution in [-0.2, 0) is 9.53 Å². The van der Waals surface area contributed by atoms with Gasteiger partial charge in [-0.1, -0.05) is 0 Å². The molecule has 0 spiro atoms. The molecule has 0 aliphatic carbocycles. The summed E-state index contributed by atoms with van der Waals surface area (Å²) in [5.41, 5.74) is 3.71. The molecule has 72 valence electrons. The maximum Gasteiger partial charge on any atom is 0.326 e. The first-order valence-corrected chi connectivity index (χ1v) is 3.64. The lowest BCUT2D eigenvalue weighted by Gasteiger charge is -2.21. The summed E-state index contributed by atoms with van der Waals surface area (Å²) in [5, 5.41) is 0. The van der Waals surface area contributed by atoms with E-state index in [2.05, 4.69) is 4.74 Å². The van der Waals surface area contributed by atoms with E-state index < -0.39 is 24.4 Å². The summed E-state index contributed by atoms with van der Waals surface area (Å²) in [5.74, 6) is -0.787. The number of carbonyl (C=O) groups is 1. The second-order valence-corrected chi connectivity index (χ2v) is 2.73. The largest absolute Gasteiger partial charge is 0.465 e. The maximum atomic E-state index is 11.8. The van der Waals surface area contributed by atoms with Crippen molar-refractivity contribution in [3.05, 3.63) is 0 Å². The van der Waals surface area contributed by atoms with E-state index >= 15 is 0 Å². The van der Waals surface area contributed by atoms with Crippen LogP contribution < -0.4 is 5.73 Å². The molecule has 0 fully saturated rings. The normalized spacial score (nSPS) is 15.8. The average molecular weight is 181 g/mol. The summed E-state index contributed by atoms with van der Waals surface area (Å²) in [6, 6.07) is 0. The summed E-state index contributed by atoms with van der Waals surface area (Å²) in [6.07, 6.45) is -3.27. The van der Waals surface area contributed by atoms with Gasteiger partial charge in [-0.05, 0) is 13.8 Å². The van der Waals surface area contributed by atoms with E-state index in [1.165, 1.54) is 6.92 Å². The van der Waals surface area contributed by atoms with Crippen molar-refractivity contribution in [2.45, 2.75) is 32.2 Å². The lowest BCUT2D eigenvalue weighted by molar-refractivity contribution is -0.150. The van der Waals surface area contributed by atoms with Crippen molar-refractivity contribution in [1.29, 1.82) is 0 Å². The first kappa shape index (κ1) is 11.3. The molecule has 0 saturated heterocycles. The molecule has 12 heavy (non-hydrogen) atoms. The van der Waals surface area contributed by atoms with Crippen LogP contribution in [0.4, 0.5) is 8.78 Å². The Bertz CT molecular complexity index is 159. The number of rotatable bonds is 4. The van der Waals surface area contributed by atoms with Crippen LogP contribution in [-0.4, -0.2) is 24.5 Å². The predicted molar refractivity (Wildman–Crippen MR) is 39.8 cm³/mol. The summed E-state index contributed by atoms with van der Waals surface area (Å²) >= 11 is 0. The molecule has 0 radical (unpaired) electrons. The van der Waals surface area contributed by atoms with E-state index in [4.69, 9.17) is 5.73 Å². The summed E-state index contributed by atoms with van der Waals surface area (Å²) in [7, 11) is 0. The molecule has 5 heteroatoms. The molecule has 1 atom stereocenters. The summed E-state index contributed by atoms with van der Waals surface area (Å²) < 4.78 is 28.2. The molecular weight excluding hydrogens is 168 g/mol. The minimum absolute atomic E-state index is 0.148. The van der Waals surface area contributed by atoms with Gasteiger partial charge in [0.25, 0.3) is 0 Å². The zero-order valence-electron chi connectivity index (χ0n) is 7.14. The number of hydrogen-bond donors (Lipinski definition) is 1. The van der Waals surface area contributed by atoms with Crippen molar-refractivity contribution in [1.82, 2.24) is 0 Å². The highest BCUT2D eigenvalue weighted by Gasteiger charge is 2.33. The topological polar surface area (TPSA) is 52.3 Å². The van der Waals surface area contributed by atoms with E-state index in [9.17, 15) is 13.6 Å². The average Bonchev–Trinajstić information content (AvgIpc) is 1.85. The molecular formula is C7H13F2NO2. The quantitative estimate of drug-likeness (QED) is 0.656. The van der Waals surface area contributed by atoms with Gasteiger partial charge in [0.05, 0.1) is 6.61 Å². The summed E-state index contributed by atoms with van der Waals surface area (Å²) in [6.45, 7) is 2.97. The van der Waals surface area contributed by atoms with Crippen LogP contribution in [0.3, 0.4) is 0 Å². The number of halogens is 2. The third kappa shape index (κ3) is 3.61. The van der Waals surface area contributed by atoms with E-state index in [0.717, 1.165) is 0 Å². The monoisotopic (exact) mass is 181 g/mol. The SMILES string of the molecule is CCOC(=O)C(C)(N)CC(F)F. The number of carbonyl (C=O) groups excluding carboxylic acids is 1. The zero-order valence-corrected chi connectivity index (χ0v) is 7.14. The van der Waals surface area contributed by atoms with Crippen LogP contribution in [0.2, 0.25) is 0 Å². The molecule has 0 aromatic rings. The number of ether oxygens (including phenoxy) is 1. The number of nitrogens with two attached hydrogens (primary N) is 1. The van der Waals surface area contributed by atoms with E-state index in [0.29, 0.717) is 0 Å². The molecule has 0 aromatic heterocycles. The number of hydrogen-bond acceptors (Lipinski definition) is 3. The number of esters is 1. The highest BCUT2D eigenvalue weighted by molar-refractivity contribution is 5.79. The van der Waals surface area contributed by atoms with E-state index in [1.54, 1.807) is 6.92 Å². The molecule has 3 nitrogen and oxygen atoms in total. The maximum absolute atomic E-state index is 11.8. The minimum atomic E-state index is -2.59. The van der Waals surface area contributed by atoms with Gasteiger partial charge < -0.3 is 10.5 Å². The minimum Gasteiger partial charge on any atom is -0.465 e. The van der Waals surface area contributed by atoms with Crippen molar-refractivity contribution in [2.75, 3.05) is 6.61 Å². The molecule has 0 amide bonds. The Morgan fingerprint density at radius 3 is 2.50 bits per heavy atom. The van der Waals surface area contributed by atoms with Gasteiger partial charge in [-0.3, -0.25) is 4.79 Å². The van der Waals surface area contributed by atoms with Crippen molar-refractivity contribution in [3.63, 3.8) is 0 Å². The van der Waals surface area contributed by atoms with Crippen molar-refractivity contribution >= 4 is 5.97 Å². The summed E-state index contributed by atoms with van der Waals surface area (Å²) in [4.78, 5) is 10.9. The highest BCUT2D eigenvalue weighted by Crippen LogP contribution is 2.14. The molecule has 1 unspecified atom stereocenters. The number of alkyl halides is 2. The van der Waals surface area contributed by atoms with Gasteiger partial charge in [0.15, 0.2) is 0 Å². The Balaban J connectivity index is 4.09. The van der Waals surface area contributed by atoms with Crippen LogP contribution in [0.1, 0.15) is 20.3 Å². The third-order valence-electron chi connectivity index (χ3n) is 1.32. The first-order valence-electron chi connectivity index (χ1n) is 3.64. The molecule has 0 aliphatic rings. The van der Waals surface area contributed by atoms with Gasteiger partial charge in [0.1, 0.15) is 5.54 Å². The van der Waals surface area contributed by atoms with E-state index in [1.807, 2.05) is 0 Å². The lowest BCUT2D eigenvalue weighted by atomic mass is 10.0. The molecule has 0 heterocycles. The Kier molecular flexibility index (Phi) is 4.09. The molecule has 0 aliphatic heterocycles. The van der Waals surface area contributed by atoms with Crippen LogP contribution in [0.25, 0.3) is 0 Å². The Morgan fingerprint density at radius 1 is 1.67 bits per heavy atom. The molecule has 0 bridgehead atoms. The van der Waals surface area contributed by atoms with Gasteiger partial charge in [-0.15, -0.1) is 0 Å². The van der Waals surface area contributed by atoms with E-state index in [-0.39, 0.29) is 6.61 Å². The Labute approximate surface area is 69.9 Å². The van der Waals surface area contributed by atoms with Crippen LogP contribution >= 0.6 is 0 Å². The second kappa shape index (κ2) is 4.35. The van der Waals surface area contributed by atoms with Crippen LogP contribution in [0.15, 0.2) is 0 Å². The Hall–Kier alpha value is -0.710. The standard InChI is InChI=1S/C7H13F2NO2/c1-3-12-6(11)7(2,10)4-5(8)9/h5H,3-4,10H2,1-2H3. The van der Waals surface area contributed by atoms with Gasteiger partial charge in [-0.2, -0.15) is 0 Å². The third-order valence-corrected chi connectivity index (χ3v) is 1.32. The van der Waals surface area contributed by atoms with Crippen LogP contribution in [0.5, 0.6) is 0 Å². The molecule has 0 aromatic carbocycles. The van der Waals surface area contributed by atoms with Crippen molar-refractivity contribution in [2.24, 2.45) is 5.73 Å². The van der Waals surface area contributed by atoms with Gasteiger partial charge in [0, 0.05) is 6.42 Å². The zero-order chi connectivity index (χ0) is 9.78. The fraction of sp³-hybridized carbons (Fsp3) is 0.857. The van der Waals surface area contributed by atoms with Gasteiger partial charge >= 0.3 is 5.97 Å². The van der Waals surface area contributed by atoms with Gasteiger partial charge in [0.2, 0.25) is 6.43 Å². The van der Waals surface area contributed by atoms with Crippen LogP contribution in [0, 0.1) is 0 Å². The predicted octanol–water partition coefficient (Wildman–Crippen LogP) is 0.922. The first-order chi connectivity index (χ1) is 5.40. The van der Waals surface area contributed by atoms with Crippen molar-refractivity contribution < 1.29 is 18.3 Å². The molecule has 0 rings (SSSR count). The smallest absolute Gasteiger partial charge is 0.326 e. The second-order valence-electron chi connectivity index (χ2n) is 2.73. The fourth-order valence-electron chi connectivity index (χ4n) is 0.700. The van der Waals surface area contributed by atoms with Gasteiger partial charge in [-0.25, -0.2) is 8.78 Å². The van der Waals surface area contributed by atoms with Crippen molar-refractivity contribution in [3.8, 4) is 0 Å². The Morgan fingerprint density at radius 2 is 2.17 bits per heavy atom. The molecule has 0 saturated carbocycles. The fourth-order valence-corrected chi connectivity index (χ4v) is 0.700. The molecule has 2 N–H and O–H groups in total. The highest BCUT2D eigenvalue weighted by atomic mass is 19.3. The lowest BCUT2D eigenvalue weighted by Crippen LogP contribution is -2.47.